The zero-order valence-electron chi connectivity index (χ0n) is 30.0. The average Bonchev–Trinajstić information content (AvgIpc) is 3.85. The van der Waals surface area contributed by atoms with Crippen LogP contribution in [-0.2, 0) is 5.41 Å². The molecule has 0 radical (unpaired) electrons. The summed E-state index contributed by atoms with van der Waals surface area (Å²) in [6.45, 7) is 4.68. The third kappa shape index (κ3) is 4.55. The van der Waals surface area contributed by atoms with Gasteiger partial charge in [-0.1, -0.05) is 141 Å². The van der Waals surface area contributed by atoms with E-state index < -0.39 is 0 Å². The van der Waals surface area contributed by atoms with Crippen LogP contribution in [0, 0.1) is 0 Å². The fraction of sp³-hybridized carbons (Fsp3) is 0.0588. The van der Waals surface area contributed by atoms with Crippen molar-refractivity contribution in [1.29, 1.82) is 0 Å². The summed E-state index contributed by atoms with van der Waals surface area (Å²) in [6, 6.07) is 62.8. The first-order valence-corrected chi connectivity index (χ1v) is 18.6. The van der Waals surface area contributed by atoms with Crippen LogP contribution < -0.4 is 4.90 Å². The molecule has 0 fully saturated rings. The monoisotopic (exact) mass is 693 g/mol. The van der Waals surface area contributed by atoms with E-state index in [1.54, 1.807) is 0 Å². The Bertz CT molecular complexity index is 3060. The van der Waals surface area contributed by atoms with Crippen molar-refractivity contribution in [3.8, 4) is 33.4 Å². The van der Waals surface area contributed by atoms with E-state index in [0.29, 0.717) is 0 Å². The van der Waals surface area contributed by atoms with Crippen molar-refractivity contribution in [1.82, 2.24) is 0 Å². The molecule has 54 heavy (non-hydrogen) atoms. The molecule has 0 spiro atoms. The van der Waals surface area contributed by atoms with Gasteiger partial charge in [-0.25, -0.2) is 0 Å². The Kier molecular flexibility index (Phi) is 6.60. The van der Waals surface area contributed by atoms with Crippen molar-refractivity contribution in [3.63, 3.8) is 0 Å². The number of anilines is 3. The van der Waals surface area contributed by atoms with E-state index in [9.17, 15) is 0 Å². The first-order valence-electron chi connectivity index (χ1n) is 18.6. The fourth-order valence-electron chi connectivity index (χ4n) is 8.82. The van der Waals surface area contributed by atoms with Crippen LogP contribution >= 0.6 is 0 Å². The van der Waals surface area contributed by atoms with E-state index in [0.717, 1.165) is 72.1 Å². The zero-order chi connectivity index (χ0) is 36.0. The molecule has 2 heterocycles. The minimum atomic E-state index is -0.134. The second kappa shape index (κ2) is 11.6. The minimum Gasteiger partial charge on any atom is -0.456 e. The average molecular weight is 694 g/mol. The highest BCUT2D eigenvalue weighted by molar-refractivity contribution is 6.19. The summed E-state index contributed by atoms with van der Waals surface area (Å²) in [7, 11) is 0. The van der Waals surface area contributed by atoms with Crippen molar-refractivity contribution < 1.29 is 8.83 Å². The van der Waals surface area contributed by atoms with Crippen LogP contribution in [0.3, 0.4) is 0 Å². The molecule has 0 saturated carbocycles. The van der Waals surface area contributed by atoms with Crippen LogP contribution in [0.15, 0.2) is 185 Å². The van der Waals surface area contributed by atoms with E-state index in [1.807, 2.05) is 6.07 Å². The van der Waals surface area contributed by atoms with E-state index in [-0.39, 0.29) is 5.41 Å². The molecule has 2 aromatic heterocycles. The van der Waals surface area contributed by atoms with Crippen molar-refractivity contribution >= 4 is 60.9 Å². The number of hydrogen-bond acceptors (Lipinski definition) is 3. The zero-order valence-corrected chi connectivity index (χ0v) is 30.0. The smallest absolute Gasteiger partial charge is 0.143 e. The van der Waals surface area contributed by atoms with Gasteiger partial charge in [0.1, 0.15) is 22.3 Å². The summed E-state index contributed by atoms with van der Waals surface area (Å²) >= 11 is 0. The molecule has 3 heteroatoms. The highest BCUT2D eigenvalue weighted by atomic mass is 16.3. The number of hydrogen-bond donors (Lipinski definition) is 0. The molecule has 0 aliphatic heterocycles. The molecule has 11 rings (SSSR count). The van der Waals surface area contributed by atoms with Gasteiger partial charge in [0.15, 0.2) is 0 Å². The van der Waals surface area contributed by atoms with Crippen LogP contribution in [0.1, 0.15) is 25.0 Å². The summed E-state index contributed by atoms with van der Waals surface area (Å²) in [4.78, 5) is 2.39. The third-order valence-electron chi connectivity index (χ3n) is 11.5. The summed E-state index contributed by atoms with van der Waals surface area (Å²) in [6.07, 6.45) is 0. The maximum absolute atomic E-state index is 6.74. The predicted octanol–water partition coefficient (Wildman–Crippen LogP) is 14.6. The first-order chi connectivity index (χ1) is 26.5. The normalized spacial score (nSPS) is 13.1. The van der Waals surface area contributed by atoms with Crippen molar-refractivity contribution in [2.24, 2.45) is 0 Å². The Morgan fingerprint density at radius 1 is 0.407 bits per heavy atom. The standard InChI is InChI=1S/C51H35NO2/c1-51(2)43-20-10-9-17-38(43)39-28-27-36(29-44(39)51)52(35-25-23-33(24-26-35)32-13-5-3-6-14-32)45-21-12-22-46-49(45)42-31-47-41(30-48(42)53-46)40-19-11-18-37(50(40)54-47)34-15-7-4-8-16-34/h3-31H,1-2H3. The van der Waals surface area contributed by atoms with Gasteiger partial charge in [0.05, 0.1) is 11.1 Å². The van der Waals surface area contributed by atoms with Gasteiger partial charge in [0.2, 0.25) is 0 Å². The second-order valence-electron chi connectivity index (χ2n) is 14.9. The van der Waals surface area contributed by atoms with Crippen LogP contribution in [-0.4, -0.2) is 0 Å². The quantitative estimate of drug-likeness (QED) is 0.180. The number of fused-ring (bicyclic) bond motifs is 9. The summed E-state index contributed by atoms with van der Waals surface area (Å²) in [5, 5.41) is 4.20. The second-order valence-corrected chi connectivity index (χ2v) is 14.9. The largest absolute Gasteiger partial charge is 0.456 e. The van der Waals surface area contributed by atoms with E-state index in [4.69, 9.17) is 8.83 Å². The molecule has 0 unspecified atom stereocenters. The van der Waals surface area contributed by atoms with Gasteiger partial charge in [-0.3, -0.25) is 0 Å². The molecule has 0 bridgehead atoms. The van der Waals surface area contributed by atoms with Crippen LogP contribution in [0.2, 0.25) is 0 Å². The SMILES string of the molecule is CC1(C)c2ccccc2-c2ccc(N(c3ccc(-c4ccccc4)cc3)c3cccc4oc5cc6c(cc5c34)oc3c(-c4ccccc4)cccc36)cc21. The minimum absolute atomic E-state index is 0.134. The molecule has 256 valence electrons. The number of nitrogens with zero attached hydrogens (tertiary/aromatic N) is 1. The van der Waals surface area contributed by atoms with E-state index in [2.05, 4.69) is 189 Å². The summed E-state index contributed by atoms with van der Waals surface area (Å²) in [5.41, 5.74) is 16.4. The number of para-hydroxylation sites is 1. The summed E-state index contributed by atoms with van der Waals surface area (Å²) < 4.78 is 13.5. The van der Waals surface area contributed by atoms with Crippen LogP contribution in [0.25, 0.3) is 77.3 Å². The lowest BCUT2D eigenvalue weighted by molar-refractivity contribution is 0.660. The van der Waals surface area contributed by atoms with E-state index >= 15 is 0 Å². The van der Waals surface area contributed by atoms with Crippen molar-refractivity contribution in [3.05, 3.63) is 187 Å². The Hall–Kier alpha value is -6.84. The van der Waals surface area contributed by atoms with Gasteiger partial charge in [-0.05, 0) is 87.5 Å². The molecule has 3 nitrogen and oxygen atoms in total. The number of furan rings is 2. The Morgan fingerprint density at radius 3 is 1.85 bits per heavy atom. The number of benzene rings is 8. The van der Waals surface area contributed by atoms with Gasteiger partial charge in [0, 0.05) is 38.5 Å². The lowest BCUT2D eigenvalue weighted by atomic mass is 9.82. The number of rotatable bonds is 5. The summed E-state index contributed by atoms with van der Waals surface area (Å²) in [5.74, 6) is 0. The Balaban J connectivity index is 1.14. The molecule has 0 saturated heterocycles. The topological polar surface area (TPSA) is 29.5 Å². The highest BCUT2D eigenvalue weighted by Gasteiger charge is 2.36. The van der Waals surface area contributed by atoms with E-state index in [1.165, 1.54) is 33.4 Å². The molecule has 10 aromatic rings. The van der Waals surface area contributed by atoms with Crippen LogP contribution in [0.5, 0.6) is 0 Å². The lowest BCUT2D eigenvalue weighted by Crippen LogP contribution is -2.16. The van der Waals surface area contributed by atoms with Gasteiger partial charge >= 0.3 is 0 Å². The molecule has 1 aliphatic carbocycles. The molecular weight excluding hydrogens is 659 g/mol. The predicted molar refractivity (Wildman–Crippen MR) is 224 cm³/mol. The molecule has 0 N–H and O–H groups in total. The van der Waals surface area contributed by atoms with Gasteiger partial charge < -0.3 is 13.7 Å². The molecule has 0 atom stereocenters. The van der Waals surface area contributed by atoms with Gasteiger partial charge in [-0.15, -0.1) is 0 Å². The molecule has 1 aliphatic rings. The fourth-order valence-corrected chi connectivity index (χ4v) is 8.82. The lowest BCUT2D eigenvalue weighted by Gasteiger charge is -2.28. The highest BCUT2D eigenvalue weighted by Crippen LogP contribution is 2.52. The first kappa shape index (κ1) is 30.8. The van der Waals surface area contributed by atoms with Crippen LogP contribution in [0.4, 0.5) is 17.1 Å². The Morgan fingerprint density at radius 2 is 1.04 bits per heavy atom. The van der Waals surface area contributed by atoms with Gasteiger partial charge in [0.25, 0.3) is 0 Å². The van der Waals surface area contributed by atoms with Gasteiger partial charge in [-0.2, -0.15) is 0 Å². The van der Waals surface area contributed by atoms with Crippen molar-refractivity contribution in [2.75, 3.05) is 4.90 Å². The maximum atomic E-state index is 6.74. The molecule has 8 aromatic carbocycles. The third-order valence-corrected chi connectivity index (χ3v) is 11.5. The molecular formula is C51H35NO2. The maximum Gasteiger partial charge on any atom is 0.143 e. The Labute approximate surface area is 313 Å². The van der Waals surface area contributed by atoms with Crippen molar-refractivity contribution in [2.45, 2.75) is 19.3 Å². The molecule has 0 amide bonds.